The SMILES string of the molecule is CCOc1ccc(OCC)c(/C(C)=N\NS(=O)(=O)c2ccc(C)c([N+](=O)[O-])c2)c1. The molecule has 2 aromatic carbocycles. The molecule has 1 N–H and O–H groups in total. The van der Waals surface area contributed by atoms with Gasteiger partial charge in [0.2, 0.25) is 0 Å². The summed E-state index contributed by atoms with van der Waals surface area (Å²) in [6.07, 6.45) is 0. The fourth-order valence-corrected chi connectivity index (χ4v) is 3.40. The third-order valence-corrected chi connectivity index (χ3v) is 5.18. The Balaban J connectivity index is 2.36. The molecule has 0 aromatic heterocycles. The molecule has 2 rings (SSSR count). The Morgan fingerprint density at radius 1 is 1.14 bits per heavy atom. The number of nitrogens with one attached hydrogen (secondary N) is 1. The number of aryl methyl sites for hydroxylation is 1. The van der Waals surface area contributed by atoms with Crippen LogP contribution in [0, 0.1) is 17.0 Å². The number of hydrogen-bond donors (Lipinski definition) is 1. The maximum Gasteiger partial charge on any atom is 0.276 e. The molecular weight excluding hydrogens is 398 g/mol. The van der Waals surface area contributed by atoms with E-state index in [1.165, 1.54) is 19.1 Å². The van der Waals surface area contributed by atoms with E-state index in [1.54, 1.807) is 25.1 Å². The third kappa shape index (κ3) is 5.44. The average molecular weight is 421 g/mol. The van der Waals surface area contributed by atoms with Crippen LogP contribution in [-0.4, -0.2) is 32.3 Å². The minimum absolute atomic E-state index is 0.251. The molecule has 0 saturated heterocycles. The quantitative estimate of drug-likeness (QED) is 0.376. The first kappa shape index (κ1) is 22.2. The molecule has 0 bridgehead atoms. The van der Waals surface area contributed by atoms with E-state index in [9.17, 15) is 18.5 Å². The molecule has 0 amide bonds. The summed E-state index contributed by atoms with van der Waals surface area (Å²) < 4.78 is 36.1. The van der Waals surface area contributed by atoms with E-state index in [0.29, 0.717) is 41.6 Å². The van der Waals surface area contributed by atoms with Crippen molar-refractivity contribution in [2.75, 3.05) is 13.2 Å². The first-order chi connectivity index (χ1) is 13.7. The van der Waals surface area contributed by atoms with E-state index in [2.05, 4.69) is 9.93 Å². The number of nitrogens with zero attached hydrogens (tertiary/aromatic N) is 2. The van der Waals surface area contributed by atoms with Crippen molar-refractivity contribution >= 4 is 21.4 Å². The largest absolute Gasteiger partial charge is 0.494 e. The second-order valence-corrected chi connectivity index (χ2v) is 7.68. The fourth-order valence-electron chi connectivity index (χ4n) is 2.52. The Labute approximate surface area is 169 Å². The van der Waals surface area contributed by atoms with Gasteiger partial charge in [-0.1, -0.05) is 6.07 Å². The molecule has 0 saturated carbocycles. The number of nitro benzene ring substituents is 1. The lowest BCUT2D eigenvalue weighted by Gasteiger charge is -2.13. The Hall–Kier alpha value is -3.14. The van der Waals surface area contributed by atoms with Crippen LogP contribution in [0.4, 0.5) is 5.69 Å². The van der Waals surface area contributed by atoms with E-state index < -0.39 is 14.9 Å². The number of rotatable bonds is 9. The zero-order chi connectivity index (χ0) is 21.6. The zero-order valence-corrected chi connectivity index (χ0v) is 17.4. The molecule has 0 fully saturated rings. The van der Waals surface area contributed by atoms with Gasteiger partial charge in [0.25, 0.3) is 15.7 Å². The van der Waals surface area contributed by atoms with Crippen LogP contribution in [-0.2, 0) is 10.0 Å². The molecular formula is C19H23N3O6S. The van der Waals surface area contributed by atoms with E-state index >= 15 is 0 Å². The number of hydrogen-bond acceptors (Lipinski definition) is 7. The Morgan fingerprint density at radius 2 is 1.83 bits per heavy atom. The minimum Gasteiger partial charge on any atom is -0.494 e. The standard InChI is InChI=1S/C19H23N3O6S/c1-5-27-15-8-10-19(28-6-2)17(11-15)14(4)20-21-29(25,26)16-9-7-13(3)18(12-16)22(23)24/h7-12,21H,5-6H2,1-4H3/b20-14-. The van der Waals surface area contributed by atoms with Gasteiger partial charge in [0.15, 0.2) is 0 Å². The molecule has 0 aliphatic heterocycles. The van der Waals surface area contributed by atoms with Crippen LogP contribution in [0.15, 0.2) is 46.4 Å². The maximum atomic E-state index is 12.5. The molecule has 0 atom stereocenters. The van der Waals surface area contributed by atoms with E-state index in [1.807, 2.05) is 13.8 Å². The van der Waals surface area contributed by atoms with Gasteiger partial charge in [-0.05, 0) is 52.0 Å². The molecule has 0 radical (unpaired) electrons. The van der Waals surface area contributed by atoms with Gasteiger partial charge >= 0.3 is 0 Å². The zero-order valence-electron chi connectivity index (χ0n) is 16.6. The molecule has 0 aliphatic rings. The lowest BCUT2D eigenvalue weighted by atomic mass is 10.1. The summed E-state index contributed by atoms with van der Waals surface area (Å²) in [6.45, 7) is 7.74. The first-order valence-corrected chi connectivity index (χ1v) is 10.4. The van der Waals surface area contributed by atoms with Crippen molar-refractivity contribution in [3.8, 4) is 11.5 Å². The number of sulfonamides is 1. The van der Waals surface area contributed by atoms with Crippen molar-refractivity contribution in [2.24, 2.45) is 5.10 Å². The van der Waals surface area contributed by atoms with Gasteiger partial charge in [-0.25, -0.2) is 0 Å². The molecule has 156 valence electrons. The summed E-state index contributed by atoms with van der Waals surface area (Å²) >= 11 is 0. The monoisotopic (exact) mass is 421 g/mol. The highest BCUT2D eigenvalue weighted by Crippen LogP contribution is 2.26. The van der Waals surface area contributed by atoms with Crippen LogP contribution in [0.25, 0.3) is 0 Å². The fraction of sp³-hybridized carbons (Fsp3) is 0.316. The van der Waals surface area contributed by atoms with E-state index in [0.717, 1.165) is 6.07 Å². The third-order valence-electron chi connectivity index (χ3n) is 3.97. The maximum absolute atomic E-state index is 12.5. The van der Waals surface area contributed by atoms with Gasteiger partial charge in [0.1, 0.15) is 11.5 Å². The molecule has 29 heavy (non-hydrogen) atoms. The molecule has 2 aromatic rings. The summed E-state index contributed by atoms with van der Waals surface area (Å²) in [6, 6.07) is 8.85. The van der Waals surface area contributed by atoms with Crippen molar-refractivity contribution < 1.29 is 22.8 Å². The summed E-state index contributed by atoms with van der Waals surface area (Å²) in [7, 11) is -4.10. The van der Waals surface area contributed by atoms with Crippen LogP contribution in [0.3, 0.4) is 0 Å². The van der Waals surface area contributed by atoms with E-state index in [4.69, 9.17) is 9.47 Å². The van der Waals surface area contributed by atoms with Crippen molar-refractivity contribution in [2.45, 2.75) is 32.6 Å². The van der Waals surface area contributed by atoms with Gasteiger partial charge in [-0.2, -0.15) is 18.4 Å². The smallest absolute Gasteiger partial charge is 0.276 e. The highest BCUT2D eigenvalue weighted by Gasteiger charge is 2.20. The molecule has 0 spiro atoms. The van der Waals surface area contributed by atoms with Crippen LogP contribution in [0.5, 0.6) is 11.5 Å². The molecule has 0 aliphatic carbocycles. The average Bonchev–Trinajstić information content (AvgIpc) is 2.67. The Morgan fingerprint density at radius 3 is 2.45 bits per heavy atom. The highest BCUT2D eigenvalue weighted by molar-refractivity contribution is 7.89. The van der Waals surface area contributed by atoms with Crippen molar-refractivity contribution in [1.82, 2.24) is 4.83 Å². The van der Waals surface area contributed by atoms with Crippen LogP contribution < -0.4 is 14.3 Å². The van der Waals surface area contributed by atoms with Gasteiger partial charge in [0, 0.05) is 17.2 Å². The number of nitro groups is 1. The first-order valence-electron chi connectivity index (χ1n) is 8.90. The molecule has 0 heterocycles. The number of ether oxygens (including phenoxy) is 2. The Bertz CT molecular complexity index is 1030. The summed E-state index contributed by atoms with van der Waals surface area (Å²) in [4.78, 5) is 12.3. The second-order valence-electron chi connectivity index (χ2n) is 6.02. The summed E-state index contributed by atoms with van der Waals surface area (Å²) in [5.41, 5.74) is 0.995. The predicted molar refractivity (Wildman–Crippen MR) is 109 cm³/mol. The minimum atomic E-state index is -4.10. The van der Waals surface area contributed by atoms with Crippen LogP contribution in [0.1, 0.15) is 31.9 Å². The summed E-state index contributed by atoms with van der Waals surface area (Å²) in [5, 5.41) is 15.0. The Kier molecular flexibility index (Phi) is 7.16. The van der Waals surface area contributed by atoms with Crippen molar-refractivity contribution in [3.05, 3.63) is 57.6 Å². The predicted octanol–water partition coefficient (Wildman–Crippen LogP) is 3.40. The lowest BCUT2D eigenvalue weighted by Crippen LogP contribution is -2.20. The van der Waals surface area contributed by atoms with Crippen molar-refractivity contribution in [1.29, 1.82) is 0 Å². The van der Waals surface area contributed by atoms with Gasteiger partial charge in [-0.3, -0.25) is 10.1 Å². The van der Waals surface area contributed by atoms with Gasteiger partial charge < -0.3 is 9.47 Å². The number of hydrazone groups is 1. The van der Waals surface area contributed by atoms with Crippen LogP contribution in [0.2, 0.25) is 0 Å². The van der Waals surface area contributed by atoms with Crippen LogP contribution >= 0.6 is 0 Å². The highest BCUT2D eigenvalue weighted by atomic mass is 32.2. The van der Waals surface area contributed by atoms with Gasteiger partial charge in [-0.15, -0.1) is 0 Å². The molecule has 10 heteroatoms. The topological polar surface area (TPSA) is 120 Å². The normalized spacial score (nSPS) is 11.8. The van der Waals surface area contributed by atoms with E-state index in [-0.39, 0.29) is 10.6 Å². The summed E-state index contributed by atoms with van der Waals surface area (Å²) in [5.74, 6) is 1.12. The van der Waals surface area contributed by atoms with Gasteiger partial charge in [0.05, 0.1) is 28.7 Å². The molecule has 9 nitrogen and oxygen atoms in total. The molecule has 0 unspecified atom stereocenters. The second kappa shape index (κ2) is 9.37. The number of benzene rings is 2. The van der Waals surface area contributed by atoms with Crippen molar-refractivity contribution in [3.63, 3.8) is 0 Å². The lowest BCUT2D eigenvalue weighted by molar-refractivity contribution is -0.385.